The number of hydrogen-bond donors (Lipinski definition) is 0. The van der Waals surface area contributed by atoms with Crippen LogP contribution in [0.5, 0.6) is 0 Å². The molecule has 1 aromatic rings. The predicted octanol–water partition coefficient (Wildman–Crippen LogP) is 4.18. The molecular weight excluding hydrogens is 277 g/mol. The second kappa shape index (κ2) is 7.16. The average molecular weight is 302 g/mol. The van der Waals surface area contributed by atoms with Crippen molar-refractivity contribution in [2.24, 2.45) is 0 Å². The summed E-state index contributed by atoms with van der Waals surface area (Å²) in [5, 5.41) is 0. The molecule has 1 atom stereocenters. The van der Waals surface area contributed by atoms with Gasteiger partial charge >= 0.3 is 6.18 Å². The predicted molar refractivity (Wildman–Crippen MR) is 81.8 cm³/mol. The Morgan fingerprint density at radius 1 is 1.14 bits per heavy atom. The Morgan fingerprint density at radius 2 is 1.76 bits per heavy atom. The molecule has 21 heavy (non-hydrogen) atoms. The standard InChI is InChI=1S/C14H19F3N2.C2H6/c1-10-6-11(14(15,16)17)8-13(7-10)19-5-4-12(9-19)18(2)3;1-2/h6-8,12H,4-5,9H2,1-3H3;1-2H3. The summed E-state index contributed by atoms with van der Waals surface area (Å²) >= 11 is 0. The molecule has 0 aromatic heterocycles. The maximum atomic E-state index is 12.8. The minimum absolute atomic E-state index is 0.412. The second-order valence-electron chi connectivity index (χ2n) is 5.41. The Bertz CT molecular complexity index is 455. The first kappa shape index (κ1) is 17.8. The molecule has 1 heterocycles. The van der Waals surface area contributed by atoms with Crippen molar-refractivity contribution in [2.45, 2.75) is 39.4 Å². The number of nitrogens with zero attached hydrogens (tertiary/aromatic N) is 2. The quantitative estimate of drug-likeness (QED) is 0.808. The molecule has 5 heteroatoms. The van der Waals surface area contributed by atoms with E-state index in [1.54, 1.807) is 6.92 Å². The SMILES string of the molecule is CC.Cc1cc(N2CCC(N(C)C)C2)cc(C(F)(F)F)c1. The van der Waals surface area contributed by atoms with E-state index in [2.05, 4.69) is 4.90 Å². The third-order valence-corrected chi connectivity index (χ3v) is 3.65. The number of hydrogen-bond acceptors (Lipinski definition) is 2. The summed E-state index contributed by atoms with van der Waals surface area (Å²) < 4.78 is 38.4. The van der Waals surface area contributed by atoms with E-state index in [1.165, 1.54) is 12.1 Å². The maximum absolute atomic E-state index is 12.8. The van der Waals surface area contributed by atoms with Gasteiger partial charge in [0, 0.05) is 24.8 Å². The Morgan fingerprint density at radius 3 is 2.24 bits per heavy atom. The third-order valence-electron chi connectivity index (χ3n) is 3.65. The van der Waals surface area contributed by atoms with Crippen molar-refractivity contribution in [1.82, 2.24) is 4.90 Å². The molecular formula is C16H25F3N2. The Hall–Kier alpha value is -1.23. The minimum Gasteiger partial charge on any atom is -0.370 e. The summed E-state index contributed by atoms with van der Waals surface area (Å²) in [7, 11) is 4.01. The van der Waals surface area contributed by atoms with Crippen LogP contribution in [0.1, 0.15) is 31.4 Å². The lowest BCUT2D eigenvalue weighted by Gasteiger charge is -2.23. The monoisotopic (exact) mass is 302 g/mol. The molecule has 0 bridgehead atoms. The Kier molecular flexibility index (Phi) is 6.08. The average Bonchev–Trinajstić information content (AvgIpc) is 2.89. The van der Waals surface area contributed by atoms with Crippen LogP contribution < -0.4 is 4.90 Å². The maximum Gasteiger partial charge on any atom is 0.416 e. The van der Waals surface area contributed by atoms with Crippen LogP contribution >= 0.6 is 0 Å². The molecule has 0 aliphatic carbocycles. The Labute approximate surface area is 125 Å². The highest BCUT2D eigenvalue weighted by Gasteiger charge is 2.32. The van der Waals surface area contributed by atoms with Gasteiger partial charge in [-0.3, -0.25) is 0 Å². The van der Waals surface area contributed by atoms with Crippen LogP contribution in [0.25, 0.3) is 0 Å². The van der Waals surface area contributed by atoms with Crippen LogP contribution in [-0.2, 0) is 6.18 Å². The highest BCUT2D eigenvalue weighted by Crippen LogP contribution is 2.33. The van der Waals surface area contributed by atoms with Crippen LogP contribution in [0.4, 0.5) is 18.9 Å². The number of halogens is 3. The molecule has 1 saturated heterocycles. The van der Waals surface area contributed by atoms with Crippen molar-refractivity contribution in [3.05, 3.63) is 29.3 Å². The van der Waals surface area contributed by atoms with Crippen LogP contribution in [-0.4, -0.2) is 38.1 Å². The molecule has 0 spiro atoms. The minimum atomic E-state index is -4.28. The lowest BCUT2D eigenvalue weighted by Crippen LogP contribution is -2.31. The summed E-state index contributed by atoms with van der Waals surface area (Å²) in [4.78, 5) is 4.16. The molecule has 1 aliphatic heterocycles. The van der Waals surface area contributed by atoms with E-state index in [0.29, 0.717) is 17.3 Å². The largest absolute Gasteiger partial charge is 0.416 e. The first-order valence-electron chi connectivity index (χ1n) is 7.37. The fourth-order valence-electron chi connectivity index (χ4n) is 2.51. The van der Waals surface area contributed by atoms with Gasteiger partial charge in [0.1, 0.15) is 0 Å². The molecule has 1 aromatic carbocycles. The van der Waals surface area contributed by atoms with E-state index >= 15 is 0 Å². The summed E-state index contributed by atoms with van der Waals surface area (Å²) in [5.41, 5.74) is 0.769. The van der Waals surface area contributed by atoms with Crippen molar-refractivity contribution in [3.63, 3.8) is 0 Å². The van der Waals surface area contributed by atoms with Crippen molar-refractivity contribution in [2.75, 3.05) is 32.1 Å². The van der Waals surface area contributed by atoms with Crippen LogP contribution in [0.15, 0.2) is 18.2 Å². The molecule has 1 aliphatic rings. The van der Waals surface area contributed by atoms with Gasteiger partial charge in [0.05, 0.1) is 5.56 Å². The zero-order valence-corrected chi connectivity index (χ0v) is 13.5. The third kappa shape index (κ3) is 4.63. The van der Waals surface area contributed by atoms with E-state index in [0.717, 1.165) is 19.5 Å². The summed E-state index contributed by atoms with van der Waals surface area (Å²) in [6.45, 7) is 7.30. The van der Waals surface area contributed by atoms with Gasteiger partial charge in [0.25, 0.3) is 0 Å². The molecule has 0 N–H and O–H groups in total. The first-order valence-corrected chi connectivity index (χ1v) is 7.37. The van der Waals surface area contributed by atoms with Crippen molar-refractivity contribution in [1.29, 1.82) is 0 Å². The van der Waals surface area contributed by atoms with Gasteiger partial charge < -0.3 is 9.80 Å². The molecule has 0 saturated carbocycles. The number of aryl methyl sites for hydroxylation is 1. The summed E-state index contributed by atoms with van der Waals surface area (Å²) in [6, 6.07) is 4.69. The van der Waals surface area contributed by atoms with Gasteiger partial charge in [-0.25, -0.2) is 0 Å². The van der Waals surface area contributed by atoms with E-state index < -0.39 is 11.7 Å². The molecule has 2 nitrogen and oxygen atoms in total. The summed E-state index contributed by atoms with van der Waals surface area (Å²) in [5.74, 6) is 0. The molecule has 1 unspecified atom stereocenters. The molecule has 1 fully saturated rings. The lowest BCUT2D eigenvalue weighted by atomic mass is 10.1. The number of likely N-dealkylation sites (N-methyl/N-ethyl adjacent to an activating group) is 1. The van der Waals surface area contributed by atoms with Crippen LogP contribution in [0.3, 0.4) is 0 Å². The lowest BCUT2D eigenvalue weighted by molar-refractivity contribution is -0.137. The van der Waals surface area contributed by atoms with Crippen molar-refractivity contribution >= 4 is 5.69 Å². The van der Waals surface area contributed by atoms with Gasteiger partial charge in [0.2, 0.25) is 0 Å². The van der Waals surface area contributed by atoms with E-state index in [4.69, 9.17) is 0 Å². The van der Waals surface area contributed by atoms with Gasteiger partial charge in [-0.15, -0.1) is 0 Å². The van der Waals surface area contributed by atoms with Gasteiger partial charge in [-0.2, -0.15) is 13.2 Å². The molecule has 0 radical (unpaired) electrons. The smallest absolute Gasteiger partial charge is 0.370 e. The first-order chi connectivity index (χ1) is 9.77. The van der Waals surface area contributed by atoms with Gasteiger partial charge in [-0.1, -0.05) is 13.8 Å². The van der Waals surface area contributed by atoms with Crippen LogP contribution in [0, 0.1) is 6.92 Å². The number of alkyl halides is 3. The van der Waals surface area contributed by atoms with Crippen molar-refractivity contribution < 1.29 is 13.2 Å². The fraction of sp³-hybridized carbons (Fsp3) is 0.625. The zero-order valence-electron chi connectivity index (χ0n) is 13.5. The highest BCUT2D eigenvalue weighted by molar-refractivity contribution is 5.52. The second-order valence-corrected chi connectivity index (χ2v) is 5.41. The van der Waals surface area contributed by atoms with E-state index in [1.807, 2.05) is 38.9 Å². The molecule has 0 amide bonds. The van der Waals surface area contributed by atoms with Gasteiger partial charge in [-0.05, 0) is 51.2 Å². The van der Waals surface area contributed by atoms with Gasteiger partial charge in [0.15, 0.2) is 0 Å². The fourth-order valence-corrected chi connectivity index (χ4v) is 2.51. The number of rotatable bonds is 2. The molecule has 120 valence electrons. The summed E-state index contributed by atoms with van der Waals surface area (Å²) in [6.07, 6.45) is -3.29. The normalized spacial score (nSPS) is 18.7. The molecule has 2 rings (SSSR count). The zero-order chi connectivity index (χ0) is 16.2. The van der Waals surface area contributed by atoms with Crippen molar-refractivity contribution in [3.8, 4) is 0 Å². The van der Waals surface area contributed by atoms with Crippen LogP contribution in [0.2, 0.25) is 0 Å². The topological polar surface area (TPSA) is 6.48 Å². The highest BCUT2D eigenvalue weighted by atomic mass is 19.4. The number of anilines is 1. The Balaban J connectivity index is 0.00000106. The number of benzene rings is 1. The van der Waals surface area contributed by atoms with E-state index in [-0.39, 0.29) is 0 Å². The van der Waals surface area contributed by atoms with E-state index in [9.17, 15) is 13.2 Å².